The third-order valence-corrected chi connectivity index (χ3v) is 4.17. The van der Waals surface area contributed by atoms with Gasteiger partial charge in [-0.25, -0.2) is 0 Å². The highest BCUT2D eigenvalue weighted by molar-refractivity contribution is 9.10. The predicted molar refractivity (Wildman–Crippen MR) is 71.6 cm³/mol. The van der Waals surface area contributed by atoms with Crippen LogP contribution in [0.4, 0.5) is 13.2 Å². The lowest BCUT2D eigenvalue weighted by Gasteiger charge is -2.00. The fraction of sp³-hybridized carbons (Fsp3) is 0.182. The molecular formula is C11H6BrF3N4OS. The minimum Gasteiger partial charge on any atom is -0.337 e. The van der Waals surface area contributed by atoms with Crippen LogP contribution in [0, 0.1) is 0 Å². The van der Waals surface area contributed by atoms with Gasteiger partial charge in [-0.3, -0.25) is 4.68 Å². The Bertz CT molecular complexity index is 763. The quantitative estimate of drug-likeness (QED) is 0.694. The summed E-state index contributed by atoms with van der Waals surface area (Å²) in [5, 5.41) is 9.08. The lowest BCUT2D eigenvalue weighted by atomic mass is 10.4. The molecule has 0 N–H and O–H groups in total. The first-order valence-corrected chi connectivity index (χ1v) is 7.27. The average molecular weight is 379 g/mol. The number of alkyl halides is 3. The maximum absolute atomic E-state index is 12.4. The van der Waals surface area contributed by atoms with E-state index in [0.29, 0.717) is 5.82 Å². The van der Waals surface area contributed by atoms with Gasteiger partial charge in [0.05, 0.1) is 4.88 Å². The van der Waals surface area contributed by atoms with Crippen molar-refractivity contribution >= 4 is 27.3 Å². The molecule has 0 unspecified atom stereocenters. The van der Waals surface area contributed by atoms with Crippen molar-refractivity contribution in [1.82, 2.24) is 19.9 Å². The van der Waals surface area contributed by atoms with Crippen molar-refractivity contribution in [3.05, 3.63) is 39.8 Å². The number of hydrogen-bond donors (Lipinski definition) is 0. The molecule has 0 spiro atoms. The summed E-state index contributed by atoms with van der Waals surface area (Å²) in [6.45, 7) is -0.0182. The first-order valence-electron chi connectivity index (χ1n) is 5.59. The van der Waals surface area contributed by atoms with Gasteiger partial charge in [-0.05, 0) is 28.1 Å². The summed E-state index contributed by atoms with van der Waals surface area (Å²) >= 11 is 4.74. The smallest absolute Gasteiger partial charge is 0.337 e. The van der Waals surface area contributed by atoms with E-state index in [0.717, 1.165) is 20.1 Å². The molecule has 110 valence electrons. The van der Waals surface area contributed by atoms with Gasteiger partial charge in [0.2, 0.25) is 11.7 Å². The lowest BCUT2D eigenvalue weighted by Crippen LogP contribution is -2.08. The minimum atomic E-state index is -4.46. The monoisotopic (exact) mass is 378 g/mol. The van der Waals surface area contributed by atoms with E-state index in [1.807, 2.05) is 11.4 Å². The highest BCUT2D eigenvalue weighted by Gasteiger charge is 2.33. The molecule has 10 heteroatoms. The van der Waals surface area contributed by atoms with Gasteiger partial charge in [0.25, 0.3) is 0 Å². The molecule has 3 rings (SSSR count). The topological polar surface area (TPSA) is 56.7 Å². The van der Waals surface area contributed by atoms with Crippen molar-refractivity contribution in [1.29, 1.82) is 0 Å². The van der Waals surface area contributed by atoms with E-state index in [2.05, 4.69) is 31.2 Å². The first-order chi connectivity index (χ1) is 9.91. The van der Waals surface area contributed by atoms with Gasteiger partial charge >= 0.3 is 6.18 Å². The minimum absolute atomic E-state index is 0.0182. The normalized spacial score (nSPS) is 12.0. The highest BCUT2D eigenvalue weighted by atomic mass is 79.9. The maximum Gasteiger partial charge on any atom is 0.435 e. The van der Waals surface area contributed by atoms with E-state index in [1.165, 1.54) is 17.5 Å². The molecule has 3 heterocycles. The van der Waals surface area contributed by atoms with Crippen molar-refractivity contribution < 1.29 is 17.7 Å². The van der Waals surface area contributed by atoms with Crippen LogP contribution in [-0.2, 0) is 12.7 Å². The van der Waals surface area contributed by atoms with Crippen LogP contribution in [0.5, 0.6) is 0 Å². The van der Waals surface area contributed by atoms with Gasteiger partial charge < -0.3 is 4.52 Å². The molecule has 5 nitrogen and oxygen atoms in total. The third kappa shape index (κ3) is 3.16. The molecule has 0 aliphatic carbocycles. The number of nitrogens with zero attached hydrogens (tertiary/aromatic N) is 4. The number of thiophene rings is 1. The number of aromatic nitrogens is 4. The second kappa shape index (κ2) is 5.26. The summed E-state index contributed by atoms with van der Waals surface area (Å²) in [6, 6.07) is 2.72. The molecule has 0 amide bonds. The van der Waals surface area contributed by atoms with E-state index in [-0.39, 0.29) is 12.4 Å². The summed E-state index contributed by atoms with van der Waals surface area (Å²) in [5.41, 5.74) is -0.954. The van der Waals surface area contributed by atoms with Gasteiger partial charge in [-0.2, -0.15) is 23.3 Å². The fourth-order valence-corrected chi connectivity index (χ4v) is 2.94. The number of halogens is 4. The molecule has 0 aromatic carbocycles. The largest absolute Gasteiger partial charge is 0.435 e. The molecule has 0 saturated heterocycles. The van der Waals surface area contributed by atoms with Crippen molar-refractivity contribution in [2.75, 3.05) is 0 Å². The van der Waals surface area contributed by atoms with Crippen molar-refractivity contribution in [2.24, 2.45) is 0 Å². The van der Waals surface area contributed by atoms with Crippen LogP contribution in [0.15, 0.2) is 32.7 Å². The van der Waals surface area contributed by atoms with Crippen LogP contribution in [-0.4, -0.2) is 19.9 Å². The van der Waals surface area contributed by atoms with Gasteiger partial charge in [0, 0.05) is 16.0 Å². The van der Waals surface area contributed by atoms with E-state index >= 15 is 0 Å². The maximum atomic E-state index is 12.4. The molecular weight excluding hydrogens is 373 g/mol. The zero-order chi connectivity index (χ0) is 15.0. The van der Waals surface area contributed by atoms with Crippen LogP contribution in [0.3, 0.4) is 0 Å². The molecule has 3 aromatic rings. The zero-order valence-electron chi connectivity index (χ0n) is 10.1. The SMILES string of the molecule is FC(F)(F)c1ccn(Cc2nc(-c3cc(Br)cs3)no2)n1. The molecule has 0 atom stereocenters. The van der Waals surface area contributed by atoms with Crippen LogP contribution < -0.4 is 0 Å². The molecule has 3 aromatic heterocycles. The highest BCUT2D eigenvalue weighted by Crippen LogP contribution is 2.28. The summed E-state index contributed by atoms with van der Waals surface area (Å²) < 4.78 is 44.3. The second-order valence-electron chi connectivity index (χ2n) is 4.04. The Morgan fingerprint density at radius 2 is 2.19 bits per heavy atom. The molecule has 0 aliphatic rings. The van der Waals surface area contributed by atoms with Gasteiger partial charge in [-0.1, -0.05) is 5.16 Å². The molecule has 0 radical (unpaired) electrons. The van der Waals surface area contributed by atoms with Crippen LogP contribution in [0.2, 0.25) is 0 Å². The van der Waals surface area contributed by atoms with E-state index in [4.69, 9.17) is 4.52 Å². The number of rotatable bonds is 3. The fourth-order valence-electron chi connectivity index (χ4n) is 1.59. The lowest BCUT2D eigenvalue weighted by molar-refractivity contribution is -0.141. The van der Waals surface area contributed by atoms with Crippen molar-refractivity contribution in [3.8, 4) is 10.7 Å². The Balaban J connectivity index is 1.77. The molecule has 0 saturated carbocycles. The Morgan fingerprint density at radius 1 is 1.38 bits per heavy atom. The standard InChI is InChI=1S/C11H6BrF3N4OS/c12-6-3-7(21-5-6)10-16-9(20-18-10)4-19-2-1-8(17-19)11(13,14)15/h1-3,5H,4H2. The third-order valence-electron chi connectivity index (χ3n) is 2.48. The van der Waals surface area contributed by atoms with Crippen molar-refractivity contribution in [3.63, 3.8) is 0 Å². The second-order valence-corrected chi connectivity index (χ2v) is 5.86. The molecule has 0 bridgehead atoms. The zero-order valence-corrected chi connectivity index (χ0v) is 12.5. The molecule has 21 heavy (non-hydrogen) atoms. The summed E-state index contributed by atoms with van der Waals surface area (Å²) in [5.74, 6) is 0.579. The average Bonchev–Trinajstić information content (AvgIpc) is 3.08. The Kier molecular flexibility index (Phi) is 3.57. The van der Waals surface area contributed by atoms with Crippen LogP contribution >= 0.6 is 27.3 Å². The Labute approximate surface area is 128 Å². The summed E-state index contributed by atoms with van der Waals surface area (Å²) in [7, 11) is 0. The number of hydrogen-bond acceptors (Lipinski definition) is 5. The molecule has 0 aliphatic heterocycles. The van der Waals surface area contributed by atoms with Crippen LogP contribution in [0.25, 0.3) is 10.7 Å². The van der Waals surface area contributed by atoms with E-state index < -0.39 is 11.9 Å². The van der Waals surface area contributed by atoms with E-state index in [1.54, 1.807) is 0 Å². The van der Waals surface area contributed by atoms with Gasteiger partial charge in [0.15, 0.2) is 5.69 Å². The summed E-state index contributed by atoms with van der Waals surface area (Å²) in [4.78, 5) is 4.93. The first kappa shape index (κ1) is 14.3. The predicted octanol–water partition coefficient (Wildman–Crippen LogP) is 3.82. The van der Waals surface area contributed by atoms with Gasteiger partial charge in [0.1, 0.15) is 6.54 Å². The van der Waals surface area contributed by atoms with E-state index in [9.17, 15) is 13.2 Å². The molecule has 0 fully saturated rings. The summed E-state index contributed by atoms with van der Waals surface area (Å²) in [6.07, 6.45) is -3.25. The Morgan fingerprint density at radius 3 is 2.81 bits per heavy atom. The van der Waals surface area contributed by atoms with Crippen LogP contribution in [0.1, 0.15) is 11.6 Å². The van der Waals surface area contributed by atoms with Crippen molar-refractivity contribution in [2.45, 2.75) is 12.7 Å². The Hall–Kier alpha value is -1.68. The van der Waals surface area contributed by atoms with Gasteiger partial charge in [-0.15, -0.1) is 11.3 Å².